The van der Waals surface area contributed by atoms with Gasteiger partial charge in [-0.15, -0.1) is 0 Å². The summed E-state index contributed by atoms with van der Waals surface area (Å²) in [6.45, 7) is 0. The Morgan fingerprint density at radius 3 is 2.68 bits per heavy atom. The number of aldehydes is 1. The van der Waals surface area contributed by atoms with Crippen molar-refractivity contribution in [2.75, 3.05) is 0 Å². The van der Waals surface area contributed by atoms with E-state index < -0.39 is 11.7 Å². The highest BCUT2D eigenvalue weighted by atomic mass is 19.4. The third-order valence-electron chi connectivity index (χ3n) is 2.96. The Kier molecular flexibility index (Phi) is 3.93. The van der Waals surface area contributed by atoms with Crippen LogP contribution in [0.5, 0.6) is 5.75 Å². The molecule has 0 heterocycles. The second-order valence-electron chi connectivity index (χ2n) is 4.38. The van der Waals surface area contributed by atoms with E-state index in [-0.39, 0.29) is 17.4 Å². The van der Waals surface area contributed by atoms with E-state index in [1.807, 2.05) is 12.2 Å². The zero-order chi connectivity index (χ0) is 13.9. The minimum absolute atomic E-state index is 0.0126. The van der Waals surface area contributed by atoms with Crippen LogP contribution in [-0.2, 0) is 6.18 Å². The van der Waals surface area contributed by atoms with Gasteiger partial charge in [0.15, 0.2) is 6.29 Å². The summed E-state index contributed by atoms with van der Waals surface area (Å²) in [5.74, 6) is -0.0126. The first-order valence-corrected chi connectivity index (χ1v) is 6.00. The molecule has 0 saturated carbocycles. The van der Waals surface area contributed by atoms with E-state index in [9.17, 15) is 18.0 Å². The molecule has 2 nitrogen and oxygen atoms in total. The molecule has 2 rings (SSSR count). The van der Waals surface area contributed by atoms with Crippen LogP contribution in [0.3, 0.4) is 0 Å². The van der Waals surface area contributed by atoms with Crippen LogP contribution in [0.2, 0.25) is 0 Å². The number of benzene rings is 1. The molecule has 5 heteroatoms. The van der Waals surface area contributed by atoms with E-state index in [1.54, 1.807) is 0 Å². The molecular weight excluding hydrogens is 257 g/mol. The van der Waals surface area contributed by atoms with Gasteiger partial charge in [-0.1, -0.05) is 6.08 Å². The average molecular weight is 270 g/mol. The first-order valence-electron chi connectivity index (χ1n) is 6.00. The maximum absolute atomic E-state index is 12.6. The van der Waals surface area contributed by atoms with Crippen LogP contribution < -0.4 is 4.74 Å². The van der Waals surface area contributed by atoms with Crippen molar-refractivity contribution < 1.29 is 22.7 Å². The van der Waals surface area contributed by atoms with Crippen LogP contribution in [0.25, 0.3) is 0 Å². The fourth-order valence-electron chi connectivity index (χ4n) is 1.95. The highest BCUT2D eigenvalue weighted by Crippen LogP contribution is 2.33. The lowest BCUT2D eigenvalue weighted by molar-refractivity contribution is -0.137. The number of carbonyl (C=O) groups excluding carboxylic acids is 1. The number of ether oxygens (including phenoxy) is 1. The van der Waals surface area contributed by atoms with Crippen molar-refractivity contribution in [1.29, 1.82) is 0 Å². The van der Waals surface area contributed by atoms with Crippen LogP contribution in [0.4, 0.5) is 13.2 Å². The van der Waals surface area contributed by atoms with E-state index in [4.69, 9.17) is 4.74 Å². The van der Waals surface area contributed by atoms with Crippen molar-refractivity contribution in [3.63, 3.8) is 0 Å². The molecule has 0 radical (unpaired) electrons. The molecule has 0 aliphatic heterocycles. The van der Waals surface area contributed by atoms with Gasteiger partial charge in [0.05, 0.1) is 11.1 Å². The van der Waals surface area contributed by atoms with Crippen molar-refractivity contribution in [3.05, 3.63) is 41.5 Å². The Morgan fingerprint density at radius 2 is 2.11 bits per heavy atom. The lowest BCUT2D eigenvalue weighted by atomic mass is 10.0. The van der Waals surface area contributed by atoms with E-state index >= 15 is 0 Å². The largest absolute Gasteiger partial charge is 0.486 e. The van der Waals surface area contributed by atoms with E-state index in [0.717, 1.165) is 37.5 Å². The third-order valence-corrected chi connectivity index (χ3v) is 2.96. The predicted molar refractivity (Wildman–Crippen MR) is 64.2 cm³/mol. The Bertz CT molecular complexity index is 492. The van der Waals surface area contributed by atoms with Gasteiger partial charge < -0.3 is 4.74 Å². The third kappa shape index (κ3) is 3.36. The minimum Gasteiger partial charge on any atom is -0.486 e. The molecule has 0 saturated heterocycles. The molecule has 1 aromatic rings. The molecule has 19 heavy (non-hydrogen) atoms. The second kappa shape index (κ2) is 5.47. The highest BCUT2D eigenvalue weighted by Gasteiger charge is 2.31. The van der Waals surface area contributed by atoms with Crippen molar-refractivity contribution in [3.8, 4) is 5.75 Å². The van der Waals surface area contributed by atoms with Gasteiger partial charge in [0.2, 0.25) is 0 Å². The lowest BCUT2D eigenvalue weighted by Gasteiger charge is -2.20. The first-order chi connectivity index (χ1) is 9.00. The molecule has 0 fully saturated rings. The van der Waals surface area contributed by atoms with Crippen LogP contribution in [-0.4, -0.2) is 12.4 Å². The lowest BCUT2D eigenvalue weighted by Crippen LogP contribution is -2.17. The van der Waals surface area contributed by atoms with Crippen molar-refractivity contribution in [1.82, 2.24) is 0 Å². The summed E-state index contributed by atoms with van der Waals surface area (Å²) in [7, 11) is 0. The molecule has 0 spiro atoms. The normalized spacial score (nSPS) is 19.2. The number of alkyl halides is 3. The molecule has 1 aliphatic carbocycles. The molecular formula is C14H13F3O2. The van der Waals surface area contributed by atoms with Crippen LogP contribution in [0.15, 0.2) is 30.4 Å². The first kappa shape index (κ1) is 13.6. The highest BCUT2D eigenvalue weighted by molar-refractivity contribution is 5.79. The summed E-state index contributed by atoms with van der Waals surface area (Å²) >= 11 is 0. The molecule has 0 N–H and O–H groups in total. The standard InChI is InChI=1S/C14H13F3O2/c15-14(16,17)11-7-6-10(9-18)13(8-11)19-12-4-2-1-3-5-12/h2,4,6-9,12H,1,3,5H2. The number of rotatable bonds is 3. The van der Waals surface area contributed by atoms with Gasteiger partial charge in [-0.25, -0.2) is 0 Å². The van der Waals surface area contributed by atoms with Crippen LogP contribution >= 0.6 is 0 Å². The number of carbonyl (C=O) groups is 1. The fourth-order valence-corrected chi connectivity index (χ4v) is 1.95. The SMILES string of the molecule is O=Cc1ccc(C(F)(F)F)cc1OC1C=CCCC1. The van der Waals surface area contributed by atoms with Gasteiger partial charge in [-0.3, -0.25) is 4.79 Å². The number of hydrogen-bond donors (Lipinski definition) is 0. The monoisotopic (exact) mass is 270 g/mol. The fraction of sp³-hybridized carbons (Fsp3) is 0.357. The van der Waals surface area contributed by atoms with Crippen LogP contribution in [0.1, 0.15) is 35.2 Å². The zero-order valence-corrected chi connectivity index (χ0v) is 10.1. The van der Waals surface area contributed by atoms with Gasteiger partial charge in [0.25, 0.3) is 0 Å². The van der Waals surface area contributed by atoms with Crippen LogP contribution in [0, 0.1) is 0 Å². The van der Waals surface area contributed by atoms with Gasteiger partial charge in [0, 0.05) is 0 Å². The Morgan fingerprint density at radius 1 is 1.32 bits per heavy atom. The Hall–Kier alpha value is -1.78. The molecule has 1 aromatic carbocycles. The predicted octanol–water partition coefficient (Wildman–Crippen LogP) is 4.01. The van der Waals surface area contributed by atoms with Gasteiger partial charge >= 0.3 is 6.18 Å². The van der Waals surface area contributed by atoms with Gasteiger partial charge in [0.1, 0.15) is 11.9 Å². The topological polar surface area (TPSA) is 26.3 Å². The molecule has 1 aliphatic rings. The molecule has 1 atom stereocenters. The molecule has 102 valence electrons. The minimum atomic E-state index is -4.44. The summed E-state index contributed by atoms with van der Waals surface area (Å²) < 4.78 is 43.4. The van der Waals surface area contributed by atoms with Crippen molar-refractivity contribution in [2.24, 2.45) is 0 Å². The Labute approximate surface area is 108 Å². The van der Waals surface area contributed by atoms with Gasteiger partial charge in [-0.2, -0.15) is 13.2 Å². The number of hydrogen-bond acceptors (Lipinski definition) is 2. The summed E-state index contributed by atoms with van der Waals surface area (Å²) in [4.78, 5) is 10.9. The van der Waals surface area contributed by atoms with Crippen molar-refractivity contribution >= 4 is 6.29 Å². The number of halogens is 3. The summed E-state index contributed by atoms with van der Waals surface area (Å²) in [5, 5.41) is 0. The van der Waals surface area contributed by atoms with Crippen molar-refractivity contribution in [2.45, 2.75) is 31.5 Å². The number of allylic oxidation sites excluding steroid dienone is 1. The second-order valence-corrected chi connectivity index (χ2v) is 4.38. The quantitative estimate of drug-likeness (QED) is 0.613. The molecule has 0 bridgehead atoms. The summed E-state index contributed by atoms with van der Waals surface area (Å²) in [6.07, 6.45) is 2.16. The Balaban J connectivity index is 2.28. The van der Waals surface area contributed by atoms with E-state index in [1.165, 1.54) is 0 Å². The van der Waals surface area contributed by atoms with Gasteiger partial charge in [-0.05, 0) is 43.5 Å². The summed E-state index contributed by atoms with van der Waals surface area (Å²) in [5.41, 5.74) is -0.681. The average Bonchev–Trinajstić information content (AvgIpc) is 2.39. The summed E-state index contributed by atoms with van der Waals surface area (Å²) in [6, 6.07) is 2.90. The molecule has 0 aromatic heterocycles. The molecule has 0 amide bonds. The van der Waals surface area contributed by atoms with E-state index in [0.29, 0.717) is 6.29 Å². The maximum atomic E-state index is 12.6. The maximum Gasteiger partial charge on any atom is 0.416 e. The molecule has 1 unspecified atom stereocenters. The zero-order valence-electron chi connectivity index (χ0n) is 10.1. The smallest absolute Gasteiger partial charge is 0.416 e. The van der Waals surface area contributed by atoms with E-state index in [2.05, 4.69) is 0 Å².